The number of hydrogen-bond donors (Lipinski definition) is 2. The molecule has 2 atom stereocenters. The predicted molar refractivity (Wildman–Crippen MR) is 107 cm³/mol. The number of benzene rings is 1. The third-order valence-corrected chi connectivity index (χ3v) is 5.96. The molecule has 2 N–H and O–H groups in total. The Hall–Kier alpha value is -3.29. The van der Waals surface area contributed by atoms with Gasteiger partial charge in [-0.05, 0) is 30.5 Å². The maximum atomic E-state index is 14.1. The standard InChI is InChI=1S/C22H23FN4O3/c23-16-7-4-11-24-19(16)20(29)27-12-9-17-22(14-27,10-8-18(28)26-17)21(30)25-13-15-5-2-1-3-6-15/h1-7,11,17H,8-10,12-14H2,(H,25,30)(H,26,28)/t17-,22+/m1/s1. The lowest BCUT2D eigenvalue weighted by molar-refractivity contribution is -0.142. The lowest BCUT2D eigenvalue weighted by atomic mass is 9.69. The van der Waals surface area contributed by atoms with Gasteiger partial charge in [0.1, 0.15) is 0 Å². The molecule has 0 unspecified atom stereocenters. The van der Waals surface area contributed by atoms with Crippen LogP contribution in [0, 0.1) is 11.2 Å². The van der Waals surface area contributed by atoms with Crippen molar-refractivity contribution in [3.05, 3.63) is 65.7 Å². The van der Waals surface area contributed by atoms with Crippen molar-refractivity contribution in [3.63, 3.8) is 0 Å². The average Bonchev–Trinajstić information content (AvgIpc) is 2.77. The molecule has 2 aliphatic rings. The van der Waals surface area contributed by atoms with Crippen LogP contribution in [0.4, 0.5) is 4.39 Å². The number of rotatable bonds is 4. The van der Waals surface area contributed by atoms with Gasteiger partial charge in [-0.2, -0.15) is 0 Å². The molecular formula is C22H23FN4O3. The van der Waals surface area contributed by atoms with Gasteiger partial charge in [-0.1, -0.05) is 30.3 Å². The first-order valence-corrected chi connectivity index (χ1v) is 10.0. The summed E-state index contributed by atoms with van der Waals surface area (Å²) in [7, 11) is 0. The Balaban J connectivity index is 1.56. The summed E-state index contributed by atoms with van der Waals surface area (Å²) in [5.41, 5.74) is -0.254. The molecule has 2 aliphatic heterocycles. The average molecular weight is 410 g/mol. The monoisotopic (exact) mass is 410 g/mol. The first-order chi connectivity index (χ1) is 14.5. The fourth-order valence-electron chi connectivity index (χ4n) is 4.32. The second kappa shape index (κ2) is 8.22. The van der Waals surface area contributed by atoms with Crippen molar-refractivity contribution in [3.8, 4) is 0 Å². The maximum absolute atomic E-state index is 14.1. The normalized spacial score (nSPS) is 23.3. The van der Waals surface area contributed by atoms with Crippen molar-refractivity contribution in [1.29, 1.82) is 0 Å². The number of amides is 3. The smallest absolute Gasteiger partial charge is 0.275 e. The van der Waals surface area contributed by atoms with E-state index in [9.17, 15) is 18.8 Å². The van der Waals surface area contributed by atoms with Crippen molar-refractivity contribution < 1.29 is 18.8 Å². The van der Waals surface area contributed by atoms with Crippen LogP contribution in [0.25, 0.3) is 0 Å². The van der Waals surface area contributed by atoms with Crippen LogP contribution < -0.4 is 10.6 Å². The molecule has 0 spiro atoms. The number of halogens is 1. The molecule has 0 aliphatic carbocycles. The summed E-state index contributed by atoms with van der Waals surface area (Å²) in [5, 5.41) is 5.89. The molecule has 2 saturated heterocycles. The molecule has 0 radical (unpaired) electrons. The van der Waals surface area contributed by atoms with E-state index in [4.69, 9.17) is 0 Å². The van der Waals surface area contributed by atoms with Gasteiger partial charge in [0.25, 0.3) is 5.91 Å². The van der Waals surface area contributed by atoms with Crippen LogP contribution in [-0.2, 0) is 16.1 Å². The van der Waals surface area contributed by atoms with Crippen molar-refractivity contribution in [2.45, 2.75) is 31.8 Å². The number of aromatic nitrogens is 1. The predicted octanol–water partition coefficient (Wildman–Crippen LogP) is 1.65. The molecule has 156 valence electrons. The summed E-state index contributed by atoms with van der Waals surface area (Å²) in [5.74, 6) is -1.54. The number of hydrogen-bond acceptors (Lipinski definition) is 4. The summed E-state index contributed by atoms with van der Waals surface area (Å²) >= 11 is 0. The fourth-order valence-corrected chi connectivity index (χ4v) is 4.32. The van der Waals surface area contributed by atoms with Crippen LogP contribution in [0.3, 0.4) is 0 Å². The first kappa shape index (κ1) is 20.0. The molecule has 1 aromatic carbocycles. The Bertz CT molecular complexity index is 968. The van der Waals surface area contributed by atoms with E-state index < -0.39 is 17.1 Å². The van der Waals surface area contributed by atoms with E-state index in [0.717, 1.165) is 5.56 Å². The van der Waals surface area contributed by atoms with Gasteiger partial charge in [0.05, 0.1) is 5.41 Å². The van der Waals surface area contributed by atoms with Gasteiger partial charge >= 0.3 is 0 Å². The number of carbonyl (C=O) groups is 3. The number of likely N-dealkylation sites (tertiary alicyclic amines) is 1. The topological polar surface area (TPSA) is 91.4 Å². The van der Waals surface area contributed by atoms with E-state index in [1.807, 2.05) is 30.3 Å². The van der Waals surface area contributed by atoms with Crippen LogP contribution >= 0.6 is 0 Å². The Morgan fingerprint density at radius 1 is 1.23 bits per heavy atom. The largest absolute Gasteiger partial charge is 0.352 e. The van der Waals surface area contributed by atoms with Gasteiger partial charge in [-0.25, -0.2) is 9.37 Å². The summed E-state index contributed by atoms with van der Waals surface area (Å²) in [6.07, 6.45) is 2.32. The van der Waals surface area contributed by atoms with E-state index in [1.54, 1.807) is 0 Å². The summed E-state index contributed by atoms with van der Waals surface area (Å²) < 4.78 is 14.1. The molecule has 7 nitrogen and oxygen atoms in total. The molecule has 2 aromatic rings. The minimum atomic E-state index is -0.956. The van der Waals surface area contributed by atoms with E-state index in [2.05, 4.69) is 15.6 Å². The van der Waals surface area contributed by atoms with Gasteiger partial charge in [0, 0.05) is 38.3 Å². The second-order valence-electron chi connectivity index (χ2n) is 7.79. The van der Waals surface area contributed by atoms with E-state index in [-0.39, 0.29) is 36.5 Å². The number of nitrogens with zero attached hydrogens (tertiary/aromatic N) is 2. The third-order valence-electron chi connectivity index (χ3n) is 5.96. The van der Waals surface area contributed by atoms with Gasteiger partial charge in [-0.3, -0.25) is 14.4 Å². The highest BCUT2D eigenvalue weighted by atomic mass is 19.1. The Morgan fingerprint density at radius 2 is 2.03 bits per heavy atom. The molecule has 4 rings (SSSR count). The van der Waals surface area contributed by atoms with Crippen LogP contribution in [-0.4, -0.2) is 46.7 Å². The Morgan fingerprint density at radius 3 is 2.80 bits per heavy atom. The van der Waals surface area contributed by atoms with Crippen molar-refractivity contribution in [2.75, 3.05) is 13.1 Å². The lowest BCUT2D eigenvalue weighted by Crippen LogP contribution is -2.66. The van der Waals surface area contributed by atoms with Gasteiger partial charge in [-0.15, -0.1) is 0 Å². The number of nitrogens with one attached hydrogen (secondary N) is 2. The van der Waals surface area contributed by atoms with E-state index in [1.165, 1.54) is 23.2 Å². The van der Waals surface area contributed by atoms with Crippen LogP contribution in [0.5, 0.6) is 0 Å². The summed E-state index contributed by atoms with van der Waals surface area (Å²) in [6, 6.07) is 11.8. The Labute approximate surface area is 173 Å². The SMILES string of the molecule is O=C1CC[C@]2(C(=O)NCc3ccccc3)CN(C(=O)c3ncccc3F)CC[C@H]2N1. The summed E-state index contributed by atoms with van der Waals surface area (Å²) in [6.45, 7) is 0.770. The third kappa shape index (κ3) is 3.77. The zero-order valence-electron chi connectivity index (χ0n) is 16.4. The number of piperidine rings is 2. The van der Waals surface area contributed by atoms with E-state index >= 15 is 0 Å². The molecule has 8 heteroatoms. The van der Waals surface area contributed by atoms with Crippen LogP contribution in [0.1, 0.15) is 35.3 Å². The minimum absolute atomic E-state index is 0.0953. The van der Waals surface area contributed by atoms with Gasteiger partial charge in [0.15, 0.2) is 11.5 Å². The molecule has 0 bridgehead atoms. The van der Waals surface area contributed by atoms with E-state index in [0.29, 0.717) is 25.9 Å². The van der Waals surface area contributed by atoms with Gasteiger partial charge < -0.3 is 15.5 Å². The highest BCUT2D eigenvalue weighted by Gasteiger charge is 2.53. The maximum Gasteiger partial charge on any atom is 0.275 e. The zero-order chi connectivity index (χ0) is 21.1. The number of fused-ring (bicyclic) bond motifs is 1. The van der Waals surface area contributed by atoms with Crippen molar-refractivity contribution in [2.24, 2.45) is 5.41 Å². The highest BCUT2D eigenvalue weighted by Crippen LogP contribution is 2.38. The zero-order valence-corrected chi connectivity index (χ0v) is 16.4. The molecule has 30 heavy (non-hydrogen) atoms. The minimum Gasteiger partial charge on any atom is -0.352 e. The number of pyridine rings is 1. The first-order valence-electron chi connectivity index (χ1n) is 10.0. The molecule has 1 aromatic heterocycles. The fraction of sp³-hybridized carbons (Fsp3) is 0.364. The lowest BCUT2D eigenvalue weighted by Gasteiger charge is -2.49. The number of carbonyl (C=O) groups excluding carboxylic acids is 3. The van der Waals surface area contributed by atoms with Gasteiger partial charge in [0.2, 0.25) is 11.8 Å². The molecule has 2 fully saturated rings. The Kier molecular flexibility index (Phi) is 5.48. The van der Waals surface area contributed by atoms with Crippen LogP contribution in [0.15, 0.2) is 48.7 Å². The molecular weight excluding hydrogens is 387 g/mol. The van der Waals surface area contributed by atoms with Crippen molar-refractivity contribution in [1.82, 2.24) is 20.5 Å². The molecule has 3 amide bonds. The molecule has 3 heterocycles. The van der Waals surface area contributed by atoms with Crippen LogP contribution in [0.2, 0.25) is 0 Å². The summed E-state index contributed by atoms with van der Waals surface area (Å²) in [4.78, 5) is 43.5. The quantitative estimate of drug-likeness (QED) is 0.802. The second-order valence-corrected chi connectivity index (χ2v) is 7.79. The van der Waals surface area contributed by atoms with Crippen molar-refractivity contribution >= 4 is 17.7 Å². The molecule has 0 saturated carbocycles. The highest BCUT2D eigenvalue weighted by molar-refractivity contribution is 5.94.